The summed E-state index contributed by atoms with van der Waals surface area (Å²) >= 11 is 0. The van der Waals surface area contributed by atoms with Crippen LogP contribution in [0.15, 0.2) is 60.7 Å². The van der Waals surface area contributed by atoms with E-state index in [9.17, 15) is 14.4 Å². The van der Waals surface area contributed by atoms with Gasteiger partial charge in [-0.1, -0.05) is 32.0 Å². The second-order valence-electron chi connectivity index (χ2n) is 8.47. The predicted octanol–water partition coefficient (Wildman–Crippen LogP) is 5.61. The average molecular weight is 506 g/mol. The van der Waals surface area contributed by atoms with Crippen molar-refractivity contribution in [1.29, 1.82) is 0 Å². The number of amides is 1. The summed E-state index contributed by atoms with van der Waals surface area (Å²) in [5, 5.41) is 2.74. The van der Waals surface area contributed by atoms with Crippen molar-refractivity contribution in [3.8, 4) is 11.5 Å². The van der Waals surface area contributed by atoms with Gasteiger partial charge in [0.1, 0.15) is 18.1 Å². The van der Waals surface area contributed by atoms with Crippen molar-refractivity contribution in [3.05, 3.63) is 88.5 Å². The van der Waals surface area contributed by atoms with Gasteiger partial charge in [-0.3, -0.25) is 4.79 Å². The Labute approximate surface area is 216 Å². The van der Waals surface area contributed by atoms with Crippen LogP contribution in [0.3, 0.4) is 0 Å². The third-order valence-corrected chi connectivity index (χ3v) is 5.58. The van der Waals surface area contributed by atoms with Crippen LogP contribution in [0.5, 0.6) is 11.5 Å². The number of para-hydroxylation sites is 1. The van der Waals surface area contributed by atoms with Gasteiger partial charge in [-0.05, 0) is 60.9 Å². The zero-order valence-corrected chi connectivity index (χ0v) is 21.6. The number of rotatable bonds is 10. The third kappa shape index (κ3) is 6.88. The molecular weight excluding hydrogens is 474 g/mol. The number of carbonyl (C=O) groups excluding carboxylic acids is 3. The zero-order chi connectivity index (χ0) is 26.9. The summed E-state index contributed by atoms with van der Waals surface area (Å²) in [5.41, 5.74) is 2.58. The topological polar surface area (TPSA) is 100 Å². The van der Waals surface area contributed by atoms with E-state index in [1.54, 1.807) is 18.2 Å². The van der Waals surface area contributed by atoms with E-state index in [2.05, 4.69) is 19.2 Å². The fourth-order valence-electron chi connectivity index (χ4n) is 3.75. The Kier molecular flexibility index (Phi) is 9.27. The molecule has 0 aliphatic carbocycles. The summed E-state index contributed by atoms with van der Waals surface area (Å²) in [6.45, 7) is 6.73. The Morgan fingerprint density at radius 2 is 1.43 bits per heavy atom. The van der Waals surface area contributed by atoms with Gasteiger partial charge >= 0.3 is 11.9 Å². The number of carbonyl (C=O) groups is 3. The Bertz CT molecular complexity index is 1250. The van der Waals surface area contributed by atoms with Gasteiger partial charge in [-0.15, -0.1) is 0 Å². The first kappa shape index (κ1) is 27.3. The number of esters is 2. The number of benzene rings is 3. The van der Waals surface area contributed by atoms with Gasteiger partial charge in [0.2, 0.25) is 0 Å². The van der Waals surface area contributed by atoms with E-state index in [-0.39, 0.29) is 29.3 Å². The summed E-state index contributed by atoms with van der Waals surface area (Å²) in [7, 11) is 2.46. The Morgan fingerprint density at radius 3 is 2.03 bits per heavy atom. The number of anilines is 1. The summed E-state index contributed by atoms with van der Waals surface area (Å²) < 4.78 is 21.4. The highest BCUT2D eigenvalue weighted by atomic mass is 16.5. The van der Waals surface area contributed by atoms with Crippen LogP contribution in [0, 0.1) is 0 Å². The molecule has 0 heterocycles. The van der Waals surface area contributed by atoms with Crippen molar-refractivity contribution < 1.29 is 33.3 Å². The number of methoxy groups -OCH3 is 2. The fourth-order valence-corrected chi connectivity index (χ4v) is 3.75. The normalized spacial score (nSPS) is 10.5. The number of ether oxygens (including phenoxy) is 4. The molecule has 3 aromatic carbocycles. The van der Waals surface area contributed by atoms with Gasteiger partial charge in [0, 0.05) is 16.8 Å². The molecule has 3 aromatic rings. The molecule has 0 aliphatic heterocycles. The van der Waals surface area contributed by atoms with Gasteiger partial charge < -0.3 is 24.3 Å². The van der Waals surface area contributed by atoms with E-state index in [1.807, 2.05) is 31.2 Å². The molecule has 194 valence electrons. The lowest BCUT2D eigenvalue weighted by atomic mass is 10.0. The highest BCUT2D eigenvalue weighted by Crippen LogP contribution is 2.29. The maximum atomic E-state index is 13.1. The maximum Gasteiger partial charge on any atom is 0.337 e. The SMILES string of the molecule is CCOc1ccc(C(=O)Nc2cc(C(=O)OC)cc(C(=O)OC)c2)cc1COc1ccccc1C(C)C. The summed E-state index contributed by atoms with van der Waals surface area (Å²) in [4.78, 5) is 37.3. The Balaban J connectivity index is 1.88. The summed E-state index contributed by atoms with van der Waals surface area (Å²) in [6, 6.07) is 17.1. The fraction of sp³-hybridized carbons (Fsp3) is 0.276. The van der Waals surface area contributed by atoms with Gasteiger partial charge in [0.25, 0.3) is 5.91 Å². The lowest BCUT2D eigenvalue weighted by molar-refractivity contribution is 0.0598. The van der Waals surface area contributed by atoms with E-state index in [0.717, 1.165) is 11.3 Å². The molecule has 3 rings (SSSR count). The molecule has 8 nitrogen and oxygen atoms in total. The number of nitrogens with one attached hydrogen (secondary N) is 1. The van der Waals surface area contributed by atoms with Crippen molar-refractivity contribution >= 4 is 23.5 Å². The van der Waals surface area contributed by atoms with Crippen LogP contribution >= 0.6 is 0 Å². The maximum absolute atomic E-state index is 13.1. The third-order valence-electron chi connectivity index (χ3n) is 5.58. The molecule has 8 heteroatoms. The minimum atomic E-state index is -0.650. The largest absolute Gasteiger partial charge is 0.493 e. The molecule has 0 radical (unpaired) electrons. The first-order valence-corrected chi connectivity index (χ1v) is 11.9. The molecule has 0 atom stereocenters. The molecular formula is C29H31NO7. The van der Waals surface area contributed by atoms with Crippen LogP contribution in [0.1, 0.15) is 68.9 Å². The Hall–Kier alpha value is -4.33. The second-order valence-corrected chi connectivity index (χ2v) is 8.47. The predicted molar refractivity (Wildman–Crippen MR) is 140 cm³/mol. The van der Waals surface area contributed by atoms with Gasteiger partial charge in [0.15, 0.2) is 0 Å². The minimum Gasteiger partial charge on any atom is -0.493 e. The molecule has 0 fully saturated rings. The quantitative estimate of drug-likeness (QED) is 0.357. The van der Waals surface area contributed by atoms with Gasteiger partial charge in [0.05, 0.1) is 32.0 Å². The molecule has 0 aromatic heterocycles. The van der Waals surface area contributed by atoms with E-state index < -0.39 is 17.8 Å². The molecule has 0 aliphatic rings. The van der Waals surface area contributed by atoms with Crippen LogP contribution in [-0.2, 0) is 16.1 Å². The highest BCUT2D eigenvalue weighted by molar-refractivity contribution is 6.06. The van der Waals surface area contributed by atoms with E-state index >= 15 is 0 Å². The van der Waals surface area contributed by atoms with Crippen molar-refractivity contribution in [2.24, 2.45) is 0 Å². The lowest BCUT2D eigenvalue weighted by Crippen LogP contribution is -2.15. The molecule has 0 saturated carbocycles. The lowest BCUT2D eigenvalue weighted by Gasteiger charge is -2.16. The van der Waals surface area contributed by atoms with Gasteiger partial charge in [-0.2, -0.15) is 0 Å². The summed E-state index contributed by atoms with van der Waals surface area (Å²) in [5.74, 6) is -0.0709. The molecule has 1 amide bonds. The molecule has 0 bridgehead atoms. The van der Waals surface area contributed by atoms with Crippen LogP contribution in [0.25, 0.3) is 0 Å². The van der Waals surface area contributed by atoms with Crippen molar-refractivity contribution in [2.75, 3.05) is 26.1 Å². The molecule has 1 N–H and O–H groups in total. The highest BCUT2D eigenvalue weighted by Gasteiger charge is 2.17. The Morgan fingerprint density at radius 1 is 0.784 bits per heavy atom. The monoisotopic (exact) mass is 505 g/mol. The van der Waals surface area contributed by atoms with Crippen LogP contribution in [0.4, 0.5) is 5.69 Å². The zero-order valence-electron chi connectivity index (χ0n) is 21.6. The molecule has 0 saturated heterocycles. The average Bonchev–Trinajstić information content (AvgIpc) is 2.91. The molecule has 0 unspecified atom stereocenters. The second kappa shape index (κ2) is 12.6. The van der Waals surface area contributed by atoms with E-state index in [4.69, 9.17) is 18.9 Å². The van der Waals surface area contributed by atoms with Crippen molar-refractivity contribution in [3.63, 3.8) is 0 Å². The standard InChI is InChI=1S/C29H31NO7/c1-6-36-25-12-11-19(13-22(25)17-37-26-10-8-7-9-24(26)18(2)3)27(31)30-23-15-20(28(32)34-4)14-21(16-23)29(33)35-5/h7-16,18H,6,17H2,1-5H3,(H,30,31). The molecule has 37 heavy (non-hydrogen) atoms. The summed E-state index contributed by atoms with van der Waals surface area (Å²) in [6.07, 6.45) is 0. The minimum absolute atomic E-state index is 0.102. The smallest absolute Gasteiger partial charge is 0.337 e. The number of hydrogen-bond donors (Lipinski definition) is 1. The van der Waals surface area contributed by atoms with E-state index in [0.29, 0.717) is 23.5 Å². The van der Waals surface area contributed by atoms with Crippen LogP contribution in [0.2, 0.25) is 0 Å². The first-order chi connectivity index (χ1) is 17.8. The van der Waals surface area contributed by atoms with Gasteiger partial charge in [-0.25, -0.2) is 9.59 Å². The van der Waals surface area contributed by atoms with Crippen molar-refractivity contribution in [1.82, 2.24) is 0 Å². The number of hydrogen-bond acceptors (Lipinski definition) is 7. The first-order valence-electron chi connectivity index (χ1n) is 11.9. The molecule has 0 spiro atoms. The van der Waals surface area contributed by atoms with Crippen molar-refractivity contribution in [2.45, 2.75) is 33.3 Å². The van der Waals surface area contributed by atoms with E-state index in [1.165, 1.54) is 32.4 Å². The van der Waals surface area contributed by atoms with Crippen LogP contribution < -0.4 is 14.8 Å². The van der Waals surface area contributed by atoms with Crippen LogP contribution in [-0.4, -0.2) is 38.7 Å².